The van der Waals surface area contributed by atoms with E-state index in [0.29, 0.717) is 34.3 Å². The molecule has 0 aromatic heterocycles. The fourth-order valence-corrected chi connectivity index (χ4v) is 6.28. The van der Waals surface area contributed by atoms with Gasteiger partial charge >= 0.3 is 0 Å². The summed E-state index contributed by atoms with van der Waals surface area (Å²) < 4.78 is 12.1. The molecular weight excluding hydrogens is 358 g/mol. The van der Waals surface area contributed by atoms with Crippen molar-refractivity contribution in [1.82, 2.24) is 5.32 Å². The molecule has 5 atom stereocenters. The van der Waals surface area contributed by atoms with Crippen LogP contribution in [0, 0.1) is 34.0 Å². The van der Waals surface area contributed by atoms with E-state index in [4.69, 9.17) is 9.47 Å². The van der Waals surface area contributed by atoms with Crippen LogP contribution in [-0.2, 0) is 9.47 Å². The summed E-state index contributed by atoms with van der Waals surface area (Å²) in [6.07, 6.45) is 9.25. The summed E-state index contributed by atoms with van der Waals surface area (Å²) in [5.74, 6) is 2.27. The van der Waals surface area contributed by atoms with E-state index in [9.17, 15) is 0 Å². The molecule has 0 radical (unpaired) electrons. The van der Waals surface area contributed by atoms with Gasteiger partial charge in [-0.05, 0) is 85.5 Å². The molecule has 0 bridgehead atoms. The monoisotopic (exact) mass is 407 g/mol. The zero-order valence-electron chi connectivity index (χ0n) is 20.5. The Balaban J connectivity index is 1.53. The van der Waals surface area contributed by atoms with Gasteiger partial charge in [-0.25, -0.2) is 0 Å². The van der Waals surface area contributed by atoms with Crippen LogP contribution in [0.1, 0.15) is 93.4 Å². The SMILES string of the molecule is CC(C)(C)C1CNC(CC(C)(C)C2CCOC(CC(C)(C)C3CCCOC3)C2)C1. The first-order valence-electron chi connectivity index (χ1n) is 12.4. The lowest BCUT2D eigenvalue weighted by atomic mass is 9.66. The summed E-state index contributed by atoms with van der Waals surface area (Å²) in [5, 5.41) is 3.86. The summed E-state index contributed by atoms with van der Waals surface area (Å²) >= 11 is 0. The maximum absolute atomic E-state index is 6.31. The number of ether oxygens (including phenoxy) is 2. The summed E-state index contributed by atoms with van der Waals surface area (Å²) in [6.45, 7) is 21.2. The molecule has 3 fully saturated rings. The molecule has 3 heteroatoms. The zero-order valence-corrected chi connectivity index (χ0v) is 20.5. The Hall–Kier alpha value is -0.120. The quantitative estimate of drug-likeness (QED) is 0.580. The lowest BCUT2D eigenvalue weighted by molar-refractivity contribution is -0.0771. The largest absolute Gasteiger partial charge is 0.381 e. The Morgan fingerprint density at radius 1 is 0.793 bits per heavy atom. The first-order valence-corrected chi connectivity index (χ1v) is 12.4. The highest BCUT2D eigenvalue weighted by atomic mass is 16.5. The molecule has 0 aromatic carbocycles. The second-order valence-electron chi connectivity index (χ2n) is 12.9. The molecule has 3 aliphatic rings. The lowest BCUT2D eigenvalue weighted by Crippen LogP contribution is -2.41. The molecule has 3 heterocycles. The van der Waals surface area contributed by atoms with Crippen LogP contribution in [0.4, 0.5) is 0 Å². The lowest BCUT2D eigenvalue weighted by Gasteiger charge is -2.44. The van der Waals surface area contributed by atoms with Crippen molar-refractivity contribution in [3.8, 4) is 0 Å². The molecule has 0 saturated carbocycles. The Kier molecular flexibility index (Phi) is 7.44. The molecule has 3 saturated heterocycles. The van der Waals surface area contributed by atoms with Crippen LogP contribution in [0.25, 0.3) is 0 Å². The van der Waals surface area contributed by atoms with Crippen molar-refractivity contribution >= 4 is 0 Å². The van der Waals surface area contributed by atoms with Gasteiger partial charge < -0.3 is 14.8 Å². The fourth-order valence-electron chi connectivity index (χ4n) is 6.28. The maximum Gasteiger partial charge on any atom is 0.0583 e. The van der Waals surface area contributed by atoms with Crippen molar-refractivity contribution in [2.45, 2.75) is 106 Å². The van der Waals surface area contributed by atoms with E-state index in [1.165, 1.54) is 51.5 Å². The summed E-state index contributed by atoms with van der Waals surface area (Å²) in [6, 6.07) is 0.686. The second kappa shape index (κ2) is 9.17. The van der Waals surface area contributed by atoms with Crippen molar-refractivity contribution < 1.29 is 9.47 Å². The first-order chi connectivity index (χ1) is 13.5. The molecule has 0 amide bonds. The number of rotatable bonds is 6. The number of hydrogen-bond donors (Lipinski definition) is 1. The van der Waals surface area contributed by atoms with Gasteiger partial charge in [0.15, 0.2) is 0 Å². The molecule has 3 nitrogen and oxygen atoms in total. The van der Waals surface area contributed by atoms with Crippen molar-refractivity contribution in [3.05, 3.63) is 0 Å². The highest BCUT2D eigenvalue weighted by Gasteiger charge is 2.41. The molecule has 0 aromatic rings. The van der Waals surface area contributed by atoms with Crippen molar-refractivity contribution in [2.24, 2.45) is 34.0 Å². The number of hydrogen-bond acceptors (Lipinski definition) is 3. The normalized spacial score (nSPS) is 35.1. The molecule has 1 N–H and O–H groups in total. The molecule has 29 heavy (non-hydrogen) atoms. The molecule has 3 aliphatic heterocycles. The Bertz CT molecular complexity index is 515. The van der Waals surface area contributed by atoms with Crippen molar-refractivity contribution in [1.29, 1.82) is 0 Å². The summed E-state index contributed by atoms with van der Waals surface area (Å²) in [7, 11) is 0. The molecule has 170 valence electrons. The van der Waals surface area contributed by atoms with Crippen LogP contribution in [0.15, 0.2) is 0 Å². The molecule has 5 unspecified atom stereocenters. The minimum Gasteiger partial charge on any atom is -0.381 e. The van der Waals surface area contributed by atoms with Crippen molar-refractivity contribution in [3.63, 3.8) is 0 Å². The summed E-state index contributed by atoms with van der Waals surface area (Å²) in [4.78, 5) is 0. The number of nitrogens with one attached hydrogen (secondary N) is 1. The van der Waals surface area contributed by atoms with E-state index in [-0.39, 0.29) is 0 Å². The van der Waals surface area contributed by atoms with Gasteiger partial charge in [0.25, 0.3) is 0 Å². The molecular formula is C26H49NO2. The first kappa shape index (κ1) is 23.5. The van der Waals surface area contributed by atoms with Crippen LogP contribution in [0.5, 0.6) is 0 Å². The van der Waals surface area contributed by atoms with E-state index in [1.807, 2.05) is 0 Å². The van der Waals surface area contributed by atoms with Gasteiger partial charge in [0, 0.05) is 25.9 Å². The zero-order chi connectivity index (χ0) is 21.3. The second-order valence-corrected chi connectivity index (χ2v) is 12.9. The van der Waals surface area contributed by atoms with Gasteiger partial charge in [-0.3, -0.25) is 0 Å². The molecule has 0 spiro atoms. The molecule has 0 aliphatic carbocycles. The molecule has 3 rings (SSSR count). The van der Waals surface area contributed by atoms with Crippen molar-refractivity contribution in [2.75, 3.05) is 26.4 Å². The van der Waals surface area contributed by atoms with Gasteiger partial charge in [0.05, 0.1) is 6.10 Å². The maximum atomic E-state index is 6.31. The van der Waals surface area contributed by atoms with Crippen LogP contribution in [-0.4, -0.2) is 38.5 Å². The fraction of sp³-hybridized carbons (Fsp3) is 1.00. The highest BCUT2D eigenvalue weighted by molar-refractivity contribution is 4.94. The van der Waals surface area contributed by atoms with Gasteiger partial charge in [-0.2, -0.15) is 0 Å². The van der Waals surface area contributed by atoms with Crippen LogP contribution < -0.4 is 5.32 Å². The minimum atomic E-state index is 0.310. The predicted octanol–water partition coefficient (Wildman–Crippen LogP) is 6.07. The van der Waals surface area contributed by atoms with E-state index in [2.05, 4.69) is 53.8 Å². The standard InChI is InChI=1S/C26H49NO2/c1-24(2,3)21-13-22(27-17-21)15-25(4,5)19-10-12-29-23(14-19)16-26(6,7)20-9-8-11-28-18-20/h19-23,27H,8-18H2,1-7H3. The average Bonchev–Trinajstić information content (AvgIpc) is 3.10. The Morgan fingerprint density at radius 3 is 2.14 bits per heavy atom. The van der Waals surface area contributed by atoms with E-state index < -0.39 is 0 Å². The topological polar surface area (TPSA) is 30.5 Å². The third kappa shape index (κ3) is 6.20. The smallest absolute Gasteiger partial charge is 0.0583 e. The Labute approximate surface area is 181 Å². The van der Waals surface area contributed by atoms with E-state index in [0.717, 1.165) is 31.7 Å². The Morgan fingerprint density at radius 2 is 1.52 bits per heavy atom. The van der Waals surface area contributed by atoms with Gasteiger partial charge in [-0.15, -0.1) is 0 Å². The highest BCUT2D eigenvalue weighted by Crippen LogP contribution is 2.45. The van der Waals surface area contributed by atoms with Gasteiger partial charge in [0.1, 0.15) is 0 Å². The predicted molar refractivity (Wildman–Crippen MR) is 122 cm³/mol. The van der Waals surface area contributed by atoms with Gasteiger partial charge in [-0.1, -0.05) is 48.5 Å². The average molecular weight is 408 g/mol. The van der Waals surface area contributed by atoms with Gasteiger partial charge in [0.2, 0.25) is 0 Å². The minimum absolute atomic E-state index is 0.310. The summed E-state index contributed by atoms with van der Waals surface area (Å²) in [5.41, 5.74) is 1.11. The van der Waals surface area contributed by atoms with Crippen LogP contribution >= 0.6 is 0 Å². The van der Waals surface area contributed by atoms with Crippen LogP contribution in [0.2, 0.25) is 0 Å². The van der Waals surface area contributed by atoms with E-state index >= 15 is 0 Å². The third-order valence-electron chi connectivity index (χ3n) is 8.71. The third-order valence-corrected chi connectivity index (χ3v) is 8.71. The van der Waals surface area contributed by atoms with Crippen LogP contribution in [0.3, 0.4) is 0 Å². The van der Waals surface area contributed by atoms with E-state index in [1.54, 1.807) is 0 Å².